The largest absolute Gasteiger partial charge is 0.494 e. The van der Waals surface area contributed by atoms with Crippen LogP contribution in [0.3, 0.4) is 0 Å². The first-order valence-electron chi connectivity index (χ1n) is 9.90. The first-order valence-corrected chi connectivity index (χ1v) is 10.7. The average Bonchev–Trinajstić information content (AvgIpc) is 2.79. The van der Waals surface area contributed by atoms with Gasteiger partial charge in [-0.1, -0.05) is 28.1 Å². The topological polar surface area (TPSA) is 60.0 Å². The number of rotatable bonds is 6. The Hall–Kier alpha value is -3.19. The van der Waals surface area contributed by atoms with E-state index in [-0.39, 0.29) is 5.91 Å². The van der Waals surface area contributed by atoms with Gasteiger partial charge >= 0.3 is 0 Å². The van der Waals surface area contributed by atoms with Crippen molar-refractivity contribution in [3.63, 3.8) is 0 Å². The summed E-state index contributed by atoms with van der Waals surface area (Å²) in [7, 11) is 3.19. The van der Waals surface area contributed by atoms with Crippen LogP contribution < -0.4 is 24.4 Å². The molecular weight excluding hydrogens is 460 g/mol. The van der Waals surface area contributed by atoms with Crippen LogP contribution in [-0.2, 0) is 0 Å². The van der Waals surface area contributed by atoms with E-state index in [0.29, 0.717) is 29.4 Å². The molecule has 31 heavy (non-hydrogen) atoms. The number of fused-ring (bicyclic) bond motifs is 1. The predicted molar refractivity (Wildman–Crippen MR) is 124 cm³/mol. The highest BCUT2D eigenvalue weighted by Crippen LogP contribution is 2.40. The van der Waals surface area contributed by atoms with E-state index in [9.17, 15) is 4.79 Å². The lowest BCUT2D eigenvalue weighted by atomic mass is 10.0. The van der Waals surface area contributed by atoms with Crippen LogP contribution in [0.25, 0.3) is 0 Å². The van der Waals surface area contributed by atoms with Gasteiger partial charge in [-0.15, -0.1) is 0 Å². The second-order valence-corrected chi connectivity index (χ2v) is 7.87. The van der Waals surface area contributed by atoms with E-state index in [1.54, 1.807) is 19.1 Å². The Morgan fingerprint density at radius 3 is 2.55 bits per heavy atom. The van der Waals surface area contributed by atoms with Crippen molar-refractivity contribution in [3.8, 4) is 17.2 Å². The number of halogens is 1. The van der Waals surface area contributed by atoms with Crippen molar-refractivity contribution in [3.05, 3.63) is 76.3 Å². The highest BCUT2D eigenvalue weighted by Gasteiger charge is 2.35. The maximum Gasteiger partial charge on any atom is 0.262 e. The number of nitrogens with zero attached hydrogens (tertiary/aromatic N) is 1. The van der Waals surface area contributed by atoms with Crippen LogP contribution >= 0.6 is 15.9 Å². The first kappa shape index (κ1) is 21.1. The highest BCUT2D eigenvalue weighted by molar-refractivity contribution is 9.10. The van der Waals surface area contributed by atoms with Crippen molar-refractivity contribution in [2.24, 2.45) is 0 Å². The molecule has 1 amide bonds. The van der Waals surface area contributed by atoms with E-state index in [1.807, 2.05) is 67.6 Å². The molecule has 3 aromatic rings. The average molecular weight is 483 g/mol. The minimum atomic E-state index is -0.446. The Morgan fingerprint density at radius 2 is 1.81 bits per heavy atom. The molecule has 0 aromatic heterocycles. The summed E-state index contributed by atoms with van der Waals surface area (Å²) >= 11 is 3.47. The molecule has 1 unspecified atom stereocenters. The number of hydrogen-bond acceptors (Lipinski definition) is 5. The minimum Gasteiger partial charge on any atom is -0.494 e. The zero-order valence-electron chi connectivity index (χ0n) is 17.5. The summed E-state index contributed by atoms with van der Waals surface area (Å²) in [6.45, 7) is 2.48. The SMILES string of the molecule is CCOc1cccc(N2C(=O)c3cc(Br)ccc3NC2c2ccc(OC)c(OC)c2)c1. The molecule has 0 spiro atoms. The third-order valence-electron chi connectivity index (χ3n) is 5.11. The van der Waals surface area contributed by atoms with Gasteiger partial charge in [0.15, 0.2) is 11.5 Å². The standard InChI is InChI=1S/C24H23BrN2O4/c1-4-31-18-7-5-6-17(14-18)27-23(15-8-11-21(29-2)22(12-15)30-3)26-20-10-9-16(25)13-19(20)24(27)28/h5-14,23,26H,4H2,1-3H3. The molecule has 0 saturated heterocycles. The summed E-state index contributed by atoms with van der Waals surface area (Å²) in [5, 5.41) is 3.51. The van der Waals surface area contributed by atoms with Crippen molar-refractivity contribution >= 4 is 33.2 Å². The molecule has 3 aromatic carbocycles. The van der Waals surface area contributed by atoms with Gasteiger partial charge in [0.05, 0.1) is 32.1 Å². The quantitative estimate of drug-likeness (QED) is 0.492. The third kappa shape index (κ3) is 4.05. The van der Waals surface area contributed by atoms with E-state index in [2.05, 4.69) is 21.2 Å². The fourth-order valence-corrected chi connectivity index (χ4v) is 4.05. The molecule has 7 heteroatoms. The molecule has 0 saturated carbocycles. The summed E-state index contributed by atoms with van der Waals surface area (Å²) in [5.41, 5.74) is 2.95. The first-order chi connectivity index (χ1) is 15.0. The van der Waals surface area contributed by atoms with Gasteiger partial charge in [-0.05, 0) is 55.0 Å². The van der Waals surface area contributed by atoms with Crippen molar-refractivity contribution in [2.75, 3.05) is 31.0 Å². The Labute approximate surface area is 189 Å². The number of carbonyl (C=O) groups excluding carboxylic acids is 1. The molecule has 1 aliphatic rings. The van der Waals surface area contributed by atoms with Crippen LogP contribution in [0.2, 0.25) is 0 Å². The number of amides is 1. The summed E-state index contributed by atoms with van der Waals surface area (Å²) in [5.74, 6) is 1.82. The number of ether oxygens (including phenoxy) is 3. The van der Waals surface area contributed by atoms with Gasteiger partial charge in [-0.3, -0.25) is 9.69 Å². The van der Waals surface area contributed by atoms with Gasteiger partial charge in [0.2, 0.25) is 0 Å². The van der Waals surface area contributed by atoms with Gasteiger partial charge < -0.3 is 19.5 Å². The van der Waals surface area contributed by atoms with Crippen LogP contribution in [0.15, 0.2) is 65.1 Å². The zero-order valence-corrected chi connectivity index (χ0v) is 19.1. The lowest BCUT2D eigenvalue weighted by molar-refractivity contribution is 0.0974. The molecule has 1 heterocycles. The van der Waals surface area contributed by atoms with Crippen LogP contribution in [0.4, 0.5) is 11.4 Å². The monoisotopic (exact) mass is 482 g/mol. The summed E-state index contributed by atoms with van der Waals surface area (Å²) in [6.07, 6.45) is -0.446. The van der Waals surface area contributed by atoms with Crippen LogP contribution in [-0.4, -0.2) is 26.7 Å². The molecule has 160 valence electrons. The predicted octanol–water partition coefficient (Wildman–Crippen LogP) is 5.64. The maximum atomic E-state index is 13.7. The van der Waals surface area contributed by atoms with E-state index < -0.39 is 6.17 Å². The normalized spacial score (nSPS) is 15.2. The Bertz CT molecular complexity index is 1120. The number of benzene rings is 3. The fourth-order valence-electron chi connectivity index (χ4n) is 3.69. The molecule has 0 bridgehead atoms. The molecular formula is C24H23BrN2O4. The lowest BCUT2D eigenvalue weighted by Gasteiger charge is -2.38. The molecule has 4 rings (SSSR count). The second kappa shape index (κ2) is 8.89. The highest BCUT2D eigenvalue weighted by atomic mass is 79.9. The van der Waals surface area contributed by atoms with Gasteiger partial charge in [0, 0.05) is 16.2 Å². The van der Waals surface area contributed by atoms with Crippen molar-refractivity contribution in [2.45, 2.75) is 13.1 Å². The van der Waals surface area contributed by atoms with Crippen molar-refractivity contribution in [1.82, 2.24) is 0 Å². The summed E-state index contributed by atoms with van der Waals surface area (Å²) in [6, 6.07) is 18.8. The fraction of sp³-hybridized carbons (Fsp3) is 0.208. The molecule has 0 fully saturated rings. The van der Waals surface area contributed by atoms with Crippen LogP contribution in [0, 0.1) is 0 Å². The Morgan fingerprint density at radius 1 is 1.00 bits per heavy atom. The summed E-state index contributed by atoms with van der Waals surface area (Å²) < 4.78 is 17.4. The van der Waals surface area contributed by atoms with Crippen LogP contribution in [0.1, 0.15) is 29.0 Å². The van der Waals surface area contributed by atoms with Gasteiger partial charge in [-0.25, -0.2) is 0 Å². The molecule has 6 nitrogen and oxygen atoms in total. The molecule has 0 aliphatic carbocycles. The molecule has 1 atom stereocenters. The lowest BCUT2D eigenvalue weighted by Crippen LogP contribution is -2.43. The van der Waals surface area contributed by atoms with Crippen molar-refractivity contribution < 1.29 is 19.0 Å². The van der Waals surface area contributed by atoms with Crippen LogP contribution in [0.5, 0.6) is 17.2 Å². The zero-order chi connectivity index (χ0) is 22.0. The molecule has 0 radical (unpaired) electrons. The number of carbonyl (C=O) groups is 1. The van der Waals surface area contributed by atoms with E-state index in [4.69, 9.17) is 14.2 Å². The van der Waals surface area contributed by atoms with Gasteiger partial charge in [0.25, 0.3) is 5.91 Å². The maximum absolute atomic E-state index is 13.7. The Kier molecular flexibility index (Phi) is 6.04. The summed E-state index contributed by atoms with van der Waals surface area (Å²) in [4.78, 5) is 15.4. The molecule has 1 N–H and O–H groups in total. The van der Waals surface area contributed by atoms with Gasteiger partial charge in [-0.2, -0.15) is 0 Å². The number of anilines is 2. The number of methoxy groups -OCH3 is 2. The van der Waals surface area contributed by atoms with Crippen molar-refractivity contribution in [1.29, 1.82) is 0 Å². The minimum absolute atomic E-state index is 0.108. The van der Waals surface area contributed by atoms with E-state index in [1.165, 1.54) is 0 Å². The second-order valence-electron chi connectivity index (χ2n) is 6.96. The molecule has 1 aliphatic heterocycles. The van der Waals surface area contributed by atoms with Gasteiger partial charge in [0.1, 0.15) is 11.9 Å². The van der Waals surface area contributed by atoms with E-state index >= 15 is 0 Å². The number of nitrogens with one attached hydrogen (secondary N) is 1. The number of hydrogen-bond donors (Lipinski definition) is 1. The third-order valence-corrected chi connectivity index (χ3v) is 5.60. The van der Waals surface area contributed by atoms with E-state index in [0.717, 1.165) is 21.4 Å². The Balaban J connectivity index is 1.85. The smallest absolute Gasteiger partial charge is 0.262 e.